The molecule has 0 radical (unpaired) electrons. The Morgan fingerprint density at radius 3 is 2.80 bits per heavy atom. The monoisotopic (exact) mass is 271 g/mol. The minimum absolute atomic E-state index is 0.459. The lowest BCUT2D eigenvalue weighted by Crippen LogP contribution is -2.29. The molecular formula is C17H25N3. The van der Waals surface area contributed by atoms with Gasteiger partial charge in [-0.1, -0.05) is 31.2 Å². The molecule has 0 saturated heterocycles. The van der Waals surface area contributed by atoms with Crippen LogP contribution in [-0.4, -0.2) is 15.8 Å². The Morgan fingerprint density at radius 1 is 1.25 bits per heavy atom. The van der Waals surface area contributed by atoms with E-state index in [4.69, 9.17) is 0 Å². The number of benzene rings is 1. The molecule has 0 bridgehead atoms. The van der Waals surface area contributed by atoms with E-state index in [1.54, 1.807) is 0 Å². The topological polar surface area (TPSA) is 29.9 Å². The normalized spacial score (nSPS) is 12.6. The molecule has 108 valence electrons. The smallest absolute Gasteiger partial charge is 0.0522 e. The van der Waals surface area contributed by atoms with Crippen molar-refractivity contribution in [3.05, 3.63) is 53.3 Å². The standard InChI is InChI=1S/C17H25N3/c1-4-11-20-17(9-10-19-20)13-18-15(3)12-16-8-6-5-7-14(16)2/h5-10,15,18H,4,11-13H2,1-3H3. The second-order valence-electron chi connectivity index (χ2n) is 5.46. The Labute approximate surface area is 122 Å². The Bertz CT molecular complexity index is 531. The van der Waals surface area contributed by atoms with Crippen LogP contribution < -0.4 is 5.32 Å². The average Bonchev–Trinajstić information content (AvgIpc) is 2.87. The molecule has 1 aromatic carbocycles. The van der Waals surface area contributed by atoms with Crippen LogP contribution in [0.3, 0.4) is 0 Å². The zero-order chi connectivity index (χ0) is 14.4. The van der Waals surface area contributed by atoms with E-state index in [2.05, 4.69) is 66.2 Å². The first-order valence-electron chi connectivity index (χ1n) is 7.49. The Balaban J connectivity index is 1.87. The quantitative estimate of drug-likeness (QED) is 0.837. The van der Waals surface area contributed by atoms with E-state index >= 15 is 0 Å². The van der Waals surface area contributed by atoms with Crippen LogP contribution in [0.5, 0.6) is 0 Å². The SMILES string of the molecule is CCCn1nccc1CNC(C)Cc1ccccc1C. The van der Waals surface area contributed by atoms with Crippen molar-refractivity contribution >= 4 is 0 Å². The van der Waals surface area contributed by atoms with Crippen LogP contribution in [-0.2, 0) is 19.5 Å². The molecule has 2 rings (SSSR count). The summed E-state index contributed by atoms with van der Waals surface area (Å²) in [6.45, 7) is 8.48. The maximum absolute atomic E-state index is 4.36. The fourth-order valence-corrected chi connectivity index (χ4v) is 2.44. The molecule has 0 fully saturated rings. The fourth-order valence-electron chi connectivity index (χ4n) is 2.44. The third kappa shape index (κ3) is 3.94. The molecular weight excluding hydrogens is 246 g/mol. The van der Waals surface area contributed by atoms with Crippen molar-refractivity contribution in [2.45, 2.75) is 52.7 Å². The van der Waals surface area contributed by atoms with Crippen LogP contribution in [0.1, 0.15) is 37.1 Å². The summed E-state index contributed by atoms with van der Waals surface area (Å²) in [5.74, 6) is 0. The summed E-state index contributed by atoms with van der Waals surface area (Å²) in [6.07, 6.45) is 4.07. The molecule has 2 aromatic rings. The van der Waals surface area contributed by atoms with Gasteiger partial charge >= 0.3 is 0 Å². The van der Waals surface area contributed by atoms with Crippen molar-refractivity contribution in [1.29, 1.82) is 0 Å². The van der Waals surface area contributed by atoms with Crippen molar-refractivity contribution in [3.8, 4) is 0 Å². The van der Waals surface area contributed by atoms with E-state index in [-0.39, 0.29) is 0 Å². The van der Waals surface area contributed by atoms with Crippen LogP contribution in [0, 0.1) is 6.92 Å². The van der Waals surface area contributed by atoms with Crippen molar-refractivity contribution in [3.63, 3.8) is 0 Å². The van der Waals surface area contributed by atoms with Gasteiger partial charge in [-0.05, 0) is 43.9 Å². The van der Waals surface area contributed by atoms with Gasteiger partial charge in [-0.2, -0.15) is 5.10 Å². The van der Waals surface area contributed by atoms with Gasteiger partial charge in [0.1, 0.15) is 0 Å². The molecule has 1 heterocycles. The van der Waals surface area contributed by atoms with Crippen molar-refractivity contribution in [1.82, 2.24) is 15.1 Å². The number of hydrogen-bond acceptors (Lipinski definition) is 2. The van der Waals surface area contributed by atoms with Crippen molar-refractivity contribution in [2.75, 3.05) is 0 Å². The van der Waals surface area contributed by atoms with E-state index in [0.29, 0.717) is 6.04 Å². The van der Waals surface area contributed by atoms with Crippen molar-refractivity contribution in [2.24, 2.45) is 0 Å². The van der Waals surface area contributed by atoms with Gasteiger partial charge in [-0.3, -0.25) is 4.68 Å². The van der Waals surface area contributed by atoms with Gasteiger partial charge in [0.05, 0.1) is 5.69 Å². The van der Waals surface area contributed by atoms with Gasteiger partial charge in [0.25, 0.3) is 0 Å². The van der Waals surface area contributed by atoms with Crippen molar-refractivity contribution < 1.29 is 0 Å². The molecule has 3 nitrogen and oxygen atoms in total. The molecule has 0 amide bonds. The Morgan fingerprint density at radius 2 is 2.05 bits per heavy atom. The molecule has 0 aliphatic carbocycles. The number of rotatable bonds is 7. The number of nitrogens with one attached hydrogen (secondary N) is 1. The molecule has 0 aliphatic heterocycles. The summed E-state index contributed by atoms with van der Waals surface area (Å²) in [7, 11) is 0. The highest BCUT2D eigenvalue weighted by Crippen LogP contribution is 2.10. The second-order valence-corrected chi connectivity index (χ2v) is 5.46. The summed E-state index contributed by atoms with van der Waals surface area (Å²) in [5.41, 5.74) is 4.07. The van der Waals surface area contributed by atoms with Gasteiger partial charge < -0.3 is 5.32 Å². The number of aryl methyl sites for hydroxylation is 2. The molecule has 0 aliphatic rings. The van der Waals surface area contributed by atoms with E-state index in [1.165, 1.54) is 16.8 Å². The first-order chi connectivity index (χ1) is 9.70. The van der Waals surface area contributed by atoms with Gasteiger partial charge in [0.15, 0.2) is 0 Å². The summed E-state index contributed by atoms with van der Waals surface area (Å²) in [5, 5.41) is 7.96. The van der Waals surface area contributed by atoms with Gasteiger partial charge in [-0.15, -0.1) is 0 Å². The van der Waals surface area contributed by atoms with E-state index in [9.17, 15) is 0 Å². The van der Waals surface area contributed by atoms with E-state index in [0.717, 1.165) is 25.9 Å². The zero-order valence-corrected chi connectivity index (χ0v) is 12.8. The molecule has 0 saturated carbocycles. The fraction of sp³-hybridized carbons (Fsp3) is 0.471. The van der Waals surface area contributed by atoms with E-state index in [1.807, 2.05) is 6.20 Å². The van der Waals surface area contributed by atoms with Crippen LogP contribution in [0.25, 0.3) is 0 Å². The van der Waals surface area contributed by atoms with Crippen LogP contribution in [0.2, 0.25) is 0 Å². The minimum Gasteiger partial charge on any atom is -0.308 e. The van der Waals surface area contributed by atoms with E-state index < -0.39 is 0 Å². The summed E-state index contributed by atoms with van der Waals surface area (Å²) >= 11 is 0. The molecule has 1 N–H and O–H groups in total. The number of nitrogens with zero attached hydrogens (tertiary/aromatic N) is 2. The maximum Gasteiger partial charge on any atom is 0.0522 e. The average molecular weight is 271 g/mol. The lowest BCUT2D eigenvalue weighted by Gasteiger charge is -2.16. The zero-order valence-electron chi connectivity index (χ0n) is 12.8. The number of hydrogen-bond donors (Lipinski definition) is 1. The Kier molecular flexibility index (Phi) is 5.36. The second kappa shape index (κ2) is 7.25. The summed E-state index contributed by atoms with van der Waals surface area (Å²) in [6, 6.07) is 11.2. The molecule has 1 aromatic heterocycles. The lowest BCUT2D eigenvalue weighted by molar-refractivity contribution is 0.503. The van der Waals surface area contributed by atoms with Gasteiger partial charge in [-0.25, -0.2) is 0 Å². The van der Waals surface area contributed by atoms with Gasteiger partial charge in [0, 0.05) is 25.3 Å². The van der Waals surface area contributed by atoms with Crippen LogP contribution in [0.4, 0.5) is 0 Å². The largest absolute Gasteiger partial charge is 0.308 e. The first kappa shape index (κ1) is 14.8. The predicted octanol–water partition coefficient (Wildman–Crippen LogP) is 3.32. The molecule has 1 unspecified atom stereocenters. The summed E-state index contributed by atoms with van der Waals surface area (Å²) < 4.78 is 2.09. The highest BCUT2D eigenvalue weighted by atomic mass is 15.3. The highest BCUT2D eigenvalue weighted by Gasteiger charge is 2.07. The molecule has 1 atom stereocenters. The predicted molar refractivity (Wildman–Crippen MR) is 83.7 cm³/mol. The number of aromatic nitrogens is 2. The minimum atomic E-state index is 0.459. The molecule has 3 heteroatoms. The maximum atomic E-state index is 4.36. The highest BCUT2D eigenvalue weighted by molar-refractivity contribution is 5.26. The lowest BCUT2D eigenvalue weighted by atomic mass is 10.0. The third-order valence-corrected chi connectivity index (χ3v) is 3.66. The molecule has 20 heavy (non-hydrogen) atoms. The third-order valence-electron chi connectivity index (χ3n) is 3.66. The van der Waals surface area contributed by atoms with Crippen LogP contribution in [0.15, 0.2) is 36.5 Å². The van der Waals surface area contributed by atoms with Crippen LogP contribution >= 0.6 is 0 Å². The summed E-state index contributed by atoms with van der Waals surface area (Å²) in [4.78, 5) is 0. The Hall–Kier alpha value is -1.61. The first-order valence-corrected chi connectivity index (χ1v) is 7.49. The van der Waals surface area contributed by atoms with Gasteiger partial charge in [0.2, 0.25) is 0 Å². The molecule has 0 spiro atoms.